The summed E-state index contributed by atoms with van der Waals surface area (Å²) in [7, 11) is 1.64. The van der Waals surface area contributed by atoms with Gasteiger partial charge in [0, 0.05) is 11.4 Å². The minimum absolute atomic E-state index is 0.183. The lowest BCUT2D eigenvalue weighted by atomic mass is 9.94. The molecular formula is C23H25N5O2. The lowest BCUT2D eigenvalue weighted by Gasteiger charge is -2.29. The third kappa shape index (κ3) is 3.43. The van der Waals surface area contributed by atoms with Crippen LogP contribution < -0.4 is 15.4 Å². The lowest BCUT2D eigenvalue weighted by molar-refractivity contribution is -0.113. The molecule has 7 heteroatoms. The summed E-state index contributed by atoms with van der Waals surface area (Å²) in [6, 6.07) is 11.5. The van der Waals surface area contributed by atoms with E-state index in [1.165, 1.54) is 6.33 Å². The molecule has 1 amide bonds. The lowest BCUT2D eigenvalue weighted by Crippen LogP contribution is -2.31. The van der Waals surface area contributed by atoms with Crippen LogP contribution in [0.2, 0.25) is 0 Å². The number of ether oxygens (including phenoxy) is 1. The van der Waals surface area contributed by atoms with E-state index in [1.807, 2.05) is 64.1 Å². The maximum atomic E-state index is 13.5. The van der Waals surface area contributed by atoms with Gasteiger partial charge in [0.1, 0.15) is 18.1 Å². The van der Waals surface area contributed by atoms with Gasteiger partial charge in [-0.1, -0.05) is 29.8 Å². The zero-order valence-corrected chi connectivity index (χ0v) is 17.8. The van der Waals surface area contributed by atoms with Gasteiger partial charge in [-0.05, 0) is 56.5 Å². The average molecular weight is 403 g/mol. The highest BCUT2D eigenvalue weighted by Crippen LogP contribution is 2.37. The molecule has 2 N–H and O–H groups in total. The van der Waals surface area contributed by atoms with Crippen molar-refractivity contribution in [2.75, 3.05) is 17.7 Å². The highest BCUT2D eigenvalue weighted by atomic mass is 16.5. The van der Waals surface area contributed by atoms with Crippen molar-refractivity contribution in [1.29, 1.82) is 0 Å². The highest BCUT2D eigenvalue weighted by molar-refractivity contribution is 6.06. The summed E-state index contributed by atoms with van der Waals surface area (Å²) in [5.41, 5.74) is 6.20. The molecule has 4 rings (SSSR count). The van der Waals surface area contributed by atoms with Gasteiger partial charge in [0.25, 0.3) is 5.91 Å². The summed E-state index contributed by atoms with van der Waals surface area (Å²) in [6.07, 6.45) is 1.49. The van der Waals surface area contributed by atoms with Crippen LogP contribution in [-0.4, -0.2) is 27.8 Å². The Labute approximate surface area is 175 Å². The predicted molar refractivity (Wildman–Crippen MR) is 117 cm³/mol. The van der Waals surface area contributed by atoms with Crippen LogP contribution in [-0.2, 0) is 4.79 Å². The fourth-order valence-corrected chi connectivity index (χ4v) is 3.84. The number of rotatable bonds is 4. The number of hydrogen-bond donors (Lipinski definition) is 2. The molecule has 3 aromatic rings. The number of allylic oxidation sites excluding steroid dienone is 1. The molecular weight excluding hydrogens is 378 g/mol. The van der Waals surface area contributed by atoms with Crippen molar-refractivity contribution in [3.05, 3.63) is 76.2 Å². The van der Waals surface area contributed by atoms with Crippen molar-refractivity contribution in [3.8, 4) is 5.75 Å². The van der Waals surface area contributed by atoms with E-state index < -0.39 is 6.04 Å². The maximum Gasteiger partial charge on any atom is 0.255 e. The van der Waals surface area contributed by atoms with Crippen molar-refractivity contribution in [2.45, 2.75) is 33.7 Å². The number of carbonyl (C=O) groups excluding carboxylic acids is 1. The Morgan fingerprint density at radius 3 is 2.63 bits per heavy atom. The Kier molecular flexibility index (Phi) is 5.03. The number of aryl methyl sites for hydroxylation is 3. The van der Waals surface area contributed by atoms with Crippen molar-refractivity contribution in [2.24, 2.45) is 0 Å². The second-order valence-corrected chi connectivity index (χ2v) is 7.60. The molecule has 1 aromatic heterocycles. The van der Waals surface area contributed by atoms with E-state index in [0.717, 1.165) is 39.4 Å². The first kappa shape index (κ1) is 19.7. The number of nitrogens with zero attached hydrogens (tertiary/aromatic N) is 3. The fraction of sp³-hybridized carbons (Fsp3) is 0.261. The van der Waals surface area contributed by atoms with Gasteiger partial charge in [0.15, 0.2) is 0 Å². The molecule has 0 unspecified atom stereocenters. The molecule has 0 saturated carbocycles. The van der Waals surface area contributed by atoms with E-state index in [2.05, 4.69) is 20.7 Å². The van der Waals surface area contributed by atoms with Gasteiger partial charge in [0.05, 0.1) is 12.7 Å². The van der Waals surface area contributed by atoms with Crippen LogP contribution in [0.4, 0.5) is 11.6 Å². The molecule has 1 aliphatic heterocycles. The first-order valence-corrected chi connectivity index (χ1v) is 9.79. The van der Waals surface area contributed by atoms with Gasteiger partial charge in [0.2, 0.25) is 5.95 Å². The summed E-state index contributed by atoms with van der Waals surface area (Å²) < 4.78 is 7.24. The van der Waals surface area contributed by atoms with E-state index in [0.29, 0.717) is 11.5 Å². The molecule has 1 atom stereocenters. The highest BCUT2D eigenvalue weighted by Gasteiger charge is 2.33. The summed E-state index contributed by atoms with van der Waals surface area (Å²) >= 11 is 0. The zero-order chi connectivity index (χ0) is 21.4. The number of fused-ring (bicyclic) bond motifs is 1. The van der Waals surface area contributed by atoms with Crippen LogP contribution in [0, 0.1) is 20.8 Å². The normalized spacial score (nSPS) is 15.4. The third-order valence-corrected chi connectivity index (χ3v) is 5.42. The van der Waals surface area contributed by atoms with E-state index in [4.69, 9.17) is 4.74 Å². The standard InChI is InChI=1S/C23H25N5O2/c1-13-6-9-18(15(3)10-13)27-22(29)20-16(4)26-23-24-12-25-28(23)21(20)17-8-7-14(2)19(11-17)30-5/h6-12,21H,1-5H3,(H,27,29)(H,24,25,26)/t21-/m1/s1. The quantitative estimate of drug-likeness (QED) is 0.684. The smallest absolute Gasteiger partial charge is 0.255 e. The van der Waals surface area contributed by atoms with Gasteiger partial charge in [-0.2, -0.15) is 10.1 Å². The van der Waals surface area contributed by atoms with Gasteiger partial charge in [-0.15, -0.1) is 0 Å². The second kappa shape index (κ2) is 7.67. The number of hydrogen-bond acceptors (Lipinski definition) is 5. The minimum atomic E-state index is -0.427. The Morgan fingerprint density at radius 1 is 1.10 bits per heavy atom. The number of nitrogens with one attached hydrogen (secondary N) is 2. The second-order valence-electron chi connectivity index (χ2n) is 7.60. The van der Waals surface area contributed by atoms with Crippen LogP contribution in [0.5, 0.6) is 5.75 Å². The predicted octanol–water partition coefficient (Wildman–Crippen LogP) is 4.14. The molecule has 0 spiro atoms. The van der Waals surface area contributed by atoms with Gasteiger partial charge >= 0.3 is 0 Å². The van der Waals surface area contributed by atoms with Crippen LogP contribution in [0.15, 0.2) is 54.0 Å². The molecule has 0 aliphatic carbocycles. The minimum Gasteiger partial charge on any atom is -0.496 e. The zero-order valence-electron chi connectivity index (χ0n) is 17.8. The maximum absolute atomic E-state index is 13.5. The van der Waals surface area contributed by atoms with Crippen LogP contribution in [0.3, 0.4) is 0 Å². The first-order chi connectivity index (χ1) is 14.4. The van der Waals surface area contributed by atoms with Crippen molar-refractivity contribution in [1.82, 2.24) is 14.8 Å². The number of anilines is 2. The number of amides is 1. The Balaban J connectivity index is 1.78. The monoisotopic (exact) mass is 403 g/mol. The van der Waals surface area contributed by atoms with Crippen molar-refractivity contribution < 1.29 is 9.53 Å². The molecule has 0 saturated heterocycles. The van der Waals surface area contributed by atoms with E-state index in [1.54, 1.807) is 11.8 Å². The van der Waals surface area contributed by atoms with Crippen molar-refractivity contribution in [3.63, 3.8) is 0 Å². The molecule has 0 fully saturated rings. The van der Waals surface area contributed by atoms with Crippen LogP contribution >= 0.6 is 0 Å². The molecule has 0 radical (unpaired) electrons. The van der Waals surface area contributed by atoms with Gasteiger partial charge in [-0.25, -0.2) is 4.68 Å². The van der Waals surface area contributed by atoms with E-state index >= 15 is 0 Å². The largest absolute Gasteiger partial charge is 0.496 e. The average Bonchev–Trinajstić information content (AvgIpc) is 3.17. The Hall–Kier alpha value is -3.61. The summed E-state index contributed by atoms with van der Waals surface area (Å²) in [5.74, 6) is 1.18. The number of benzene rings is 2. The fourth-order valence-electron chi connectivity index (χ4n) is 3.84. The summed E-state index contributed by atoms with van der Waals surface area (Å²) in [4.78, 5) is 17.7. The summed E-state index contributed by atoms with van der Waals surface area (Å²) in [6.45, 7) is 7.89. The molecule has 0 bridgehead atoms. The number of methoxy groups -OCH3 is 1. The molecule has 154 valence electrons. The molecule has 7 nitrogen and oxygen atoms in total. The van der Waals surface area contributed by atoms with Crippen LogP contribution in [0.1, 0.15) is 35.2 Å². The van der Waals surface area contributed by atoms with E-state index in [-0.39, 0.29) is 5.91 Å². The Bertz CT molecular complexity index is 1160. The molecule has 2 aromatic carbocycles. The van der Waals surface area contributed by atoms with Gasteiger partial charge < -0.3 is 15.4 Å². The van der Waals surface area contributed by atoms with Gasteiger partial charge in [-0.3, -0.25) is 4.79 Å². The molecule has 2 heterocycles. The summed E-state index contributed by atoms with van der Waals surface area (Å²) in [5, 5.41) is 10.7. The molecule has 1 aliphatic rings. The third-order valence-electron chi connectivity index (χ3n) is 5.42. The van der Waals surface area contributed by atoms with Crippen molar-refractivity contribution >= 4 is 17.5 Å². The van der Waals surface area contributed by atoms with Crippen LogP contribution in [0.25, 0.3) is 0 Å². The Morgan fingerprint density at radius 2 is 1.90 bits per heavy atom. The number of carbonyl (C=O) groups is 1. The SMILES string of the molecule is COc1cc([C@@H]2C(C(=O)Nc3ccc(C)cc3C)=C(C)Nc3ncnn32)ccc1C. The number of aromatic nitrogens is 3. The molecule has 30 heavy (non-hydrogen) atoms. The van der Waals surface area contributed by atoms with E-state index in [9.17, 15) is 4.79 Å². The topological polar surface area (TPSA) is 81.1 Å². The first-order valence-electron chi connectivity index (χ1n) is 9.79.